The Bertz CT molecular complexity index is 634. The Labute approximate surface area is 146 Å². The largest absolute Gasteiger partial charge is 0.378 e. The first kappa shape index (κ1) is 16.5. The van der Waals surface area contributed by atoms with E-state index in [0.29, 0.717) is 15.8 Å². The van der Waals surface area contributed by atoms with Gasteiger partial charge >= 0.3 is 0 Å². The summed E-state index contributed by atoms with van der Waals surface area (Å²) < 4.78 is 6.24. The normalized spacial score (nSPS) is 23.1. The number of anilines is 1. The maximum Gasteiger partial charge on any atom is 0.266 e. The van der Waals surface area contributed by atoms with Crippen molar-refractivity contribution >= 4 is 46.0 Å². The van der Waals surface area contributed by atoms with E-state index < -0.39 is 0 Å². The van der Waals surface area contributed by atoms with Gasteiger partial charge in [0.1, 0.15) is 4.32 Å². The van der Waals surface area contributed by atoms with E-state index in [1.54, 1.807) is 4.90 Å². The fraction of sp³-hybridized carbons (Fsp3) is 0.412. The van der Waals surface area contributed by atoms with Crippen LogP contribution in [0.4, 0.5) is 5.69 Å². The van der Waals surface area contributed by atoms with Crippen molar-refractivity contribution in [2.24, 2.45) is 0 Å². The minimum atomic E-state index is -0.00724. The van der Waals surface area contributed by atoms with Crippen LogP contribution in [-0.2, 0) is 9.53 Å². The number of nitrogens with zero attached hydrogens (tertiary/aromatic N) is 2. The summed E-state index contributed by atoms with van der Waals surface area (Å²) in [6, 6.07) is 8.11. The average molecular weight is 348 g/mol. The minimum Gasteiger partial charge on any atom is -0.378 e. The number of carbonyl (C=O) groups is 1. The van der Waals surface area contributed by atoms with Gasteiger partial charge in [-0.1, -0.05) is 36.1 Å². The van der Waals surface area contributed by atoms with E-state index in [-0.39, 0.29) is 12.0 Å². The molecule has 0 N–H and O–H groups in total. The third kappa shape index (κ3) is 3.76. The highest BCUT2D eigenvalue weighted by Crippen LogP contribution is 2.33. The monoisotopic (exact) mass is 348 g/mol. The molecule has 1 unspecified atom stereocenters. The standard InChI is InChI=1S/C17H20N2O2S2/c1-18(2)13-7-5-12(6-8-13)10-15-16(20)19(17(22)23-15)11-14-4-3-9-21-14/h5-8,10,14H,3-4,9,11H2,1-2H3/b15-10-. The summed E-state index contributed by atoms with van der Waals surface area (Å²) in [5, 5.41) is 0. The summed E-state index contributed by atoms with van der Waals surface area (Å²) >= 11 is 6.74. The van der Waals surface area contributed by atoms with E-state index in [1.165, 1.54) is 11.8 Å². The molecule has 2 fully saturated rings. The number of thiocarbonyl (C=S) groups is 1. The first-order chi connectivity index (χ1) is 11.0. The summed E-state index contributed by atoms with van der Waals surface area (Å²) in [5.74, 6) is -0.00724. The van der Waals surface area contributed by atoms with Gasteiger partial charge in [-0.2, -0.15) is 0 Å². The highest BCUT2D eigenvalue weighted by molar-refractivity contribution is 8.26. The van der Waals surface area contributed by atoms with Crippen LogP contribution >= 0.6 is 24.0 Å². The van der Waals surface area contributed by atoms with Crippen molar-refractivity contribution in [1.82, 2.24) is 4.90 Å². The second-order valence-electron chi connectivity index (χ2n) is 5.91. The van der Waals surface area contributed by atoms with E-state index in [0.717, 1.165) is 30.7 Å². The molecule has 0 radical (unpaired) electrons. The van der Waals surface area contributed by atoms with Gasteiger partial charge in [-0.3, -0.25) is 9.69 Å². The van der Waals surface area contributed by atoms with Crippen LogP contribution < -0.4 is 4.90 Å². The summed E-state index contributed by atoms with van der Waals surface area (Å²) in [6.07, 6.45) is 4.10. The molecule has 2 aliphatic heterocycles. The fourth-order valence-corrected chi connectivity index (χ4v) is 3.94. The van der Waals surface area contributed by atoms with Crippen LogP contribution in [-0.4, -0.2) is 48.5 Å². The molecule has 1 aromatic carbocycles. The molecule has 4 nitrogen and oxygen atoms in total. The van der Waals surface area contributed by atoms with Gasteiger partial charge in [0.15, 0.2) is 0 Å². The number of amides is 1. The average Bonchev–Trinajstić information content (AvgIpc) is 3.12. The van der Waals surface area contributed by atoms with Gasteiger partial charge < -0.3 is 9.64 Å². The fourth-order valence-electron chi connectivity index (χ4n) is 2.67. The number of hydrogen-bond donors (Lipinski definition) is 0. The lowest BCUT2D eigenvalue weighted by molar-refractivity contribution is -0.123. The van der Waals surface area contributed by atoms with E-state index in [4.69, 9.17) is 17.0 Å². The molecular formula is C17H20N2O2S2. The van der Waals surface area contributed by atoms with E-state index >= 15 is 0 Å². The number of rotatable bonds is 4. The highest BCUT2D eigenvalue weighted by atomic mass is 32.2. The van der Waals surface area contributed by atoms with Gasteiger partial charge in [0.05, 0.1) is 17.6 Å². The second-order valence-corrected chi connectivity index (χ2v) is 7.59. The van der Waals surface area contributed by atoms with Gasteiger partial charge in [0.25, 0.3) is 5.91 Å². The predicted molar refractivity (Wildman–Crippen MR) is 99.6 cm³/mol. The SMILES string of the molecule is CN(C)c1ccc(/C=C2\SC(=S)N(CC3CCCO3)C2=O)cc1. The topological polar surface area (TPSA) is 32.8 Å². The van der Waals surface area contributed by atoms with E-state index in [2.05, 4.69) is 0 Å². The quantitative estimate of drug-likeness (QED) is 0.617. The van der Waals surface area contributed by atoms with Crippen molar-refractivity contribution in [3.8, 4) is 0 Å². The first-order valence-corrected chi connectivity index (χ1v) is 8.91. The molecule has 2 heterocycles. The van der Waals surface area contributed by atoms with Crippen molar-refractivity contribution in [3.05, 3.63) is 34.7 Å². The van der Waals surface area contributed by atoms with Crippen molar-refractivity contribution in [2.45, 2.75) is 18.9 Å². The first-order valence-electron chi connectivity index (χ1n) is 7.69. The van der Waals surface area contributed by atoms with E-state index in [1.807, 2.05) is 49.3 Å². The predicted octanol–water partition coefficient (Wildman–Crippen LogP) is 3.13. The van der Waals surface area contributed by atoms with Crippen LogP contribution in [0.15, 0.2) is 29.2 Å². The Hall–Kier alpha value is -1.37. The third-order valence-corrected chi connectivity index (χ3v) is 5.37. The Morgan fingerprint density at radius 3 is 2.74 bits per heavy atom. The Kier molecular flexibility index (Phi) is 5.04. The van der Waals surface area contributed by atoms with Gasteiger partial charge in [-0.25, -0.2) is 0 Å². The van der Waals surface area contributed by atoms with Crippen molar-refractivity contribution in [3.63, 3.8) is 0 Å². The van der Waals surface area contributed by atoms with Crippen LogP contribution in [0.2, 0.25) is 0 Å². The molecule has 3 rings (SSSR count). The number of carbonyl (C=O) groups excluding carboxylic acids is 1. The highest BCUT2D eigenvalue weighted by Gasteiger charge is 2.34. The summed E-state index contributed by atoms with van der Waals surface area (Å²) in [7, 11) is 4.01. The number of ether oxygens (including phenoxy) is 1. The summed E-state index contributed by atoms with van der Waals surface area (Å²) in [6.45, 7) is 1.36. The minimum absolute atomic E-state index is 0.00724. The zero-order valence-electron chi connectivity index (χ0n) is 13.3. The van der Waals surface area contributed by atoms with Crippen LogP contribution in [0, 0.1) is 0 Å². The second kappa shape index (κ2) is 7.03. The van der Waals surface area contributed by atoms with Gasteiger partial charge in [0, 0.05) is 26.4 Å². The van der Waals surface area contributed by atoms with Gasteiger partial charge in [-0.15, -0.1) is 0 Å². The Morgan fingerprint density at radius 2 is 2.13 bits per heavy atom. The van der Waals surface area contributed by atoms with Crippen molar-refractivity contribution in [2.75, 3.05) is 32.1 Å². The number of benzene rings is 1. The Balaban J connectivity index is 1.72. The number of thioether (sulfide) groups is 1. The summed E-state index contributed by atoms with van der Waals surface area (Å²) in [5.41, 5.74) is 2.14. The molecule has 1 aromatic rings. The molecule has 0 spiro atoms. The molecule has 0 bridgehead atoms. The van der Waals surface area contributed by atoms with Gasteiger partial charge in [0.2, 0.25) is 0 Å². The van der Waals surface area contributed by atoms with Crippen molar-refractivity contribution < 1.29 is 9.53 Å². The lowest BCUT2D eigenvalue weighted by atomic mass is 10.2. The molecule has 2 aliphatic rings. The molecule has 122 valence electrons. The third-order valence-electron chi connectivity index (χ3n) is 3.99. The maximum atomic E-state index is 12.6. The molecule has 6 heteroatoms. The van der Waals surface area contributed by atoms with Crippen LogP contribution in [0.5, 0.6) is 0 Å². The molecule has 0 aliphatic carbocycles. The number of hydrogen-bond acceptors (Lipinski definition) is 5. The van der Waals surface area contributed by atoms with Crippen molar-refractivity contribution in [1.29, 1.82) is 0 Å². The van der Waals surface area contributed by atoms with Gasteiger partial charge in [-0.05, 0) is 36.6 Å². The molecule has 0 aromatic heterocycles. The molecular weight excluding hydrogens is 328 g/mol. The molecule has 1 amide bonds. The molecule has 1 atom stereocenters. The van der Waals surface area contributed by atoms with Crippen LogP contribution in [0.3, 0.4) is 0 Å². The molecule has 23 heavy (non-hydrogen) atoms. The lowest BCUT2D eigenvalue weighted by Gasteiger charge is -2.18. The maximum absolute atomic E-state index is 12.6. The zero-order valence-corrected chi connectivity index (χ0v) is 15.0. The zero-order chi connectivity index (χ0) is 16.4. The lowest BCUT2D eigenvalue weighted by Crippen LogP contribution is -2.35. The summed E-state index contributed by atoms with van der Waals surface area (Å²) in [4.78, 5) is 17.0. The van der Waals surface area contributed by atoms with Crippen LogP contribution in [0.25, 0.3) is 6.08 Å². The van der Waals surface area contributed by atoms with Crippen LogP contribution in [0.1, 0.15) is 18.4 Å². The molecule has 0 saturated carbocycles. The Morgan fingerprint density at radius 1 is 1.39 bits per heavy atom. The smallest absolute Gasteiger partial charge is 0.266 e. The molecule has 2 saturated heterocycles. The van der Waals surface area contributed by atoms with E-state index in [9.17, 15) is 4.79 Å².